The second kappa shape index (κ2) is 9.99. The average molecular weight is 531 g/mol. The monoisotopic (exact) mass is 530 g/mol. The first-order chi connectivity index (χ1) is 19.4. The van der Waals surface area contributed by atoms with E-state index in [1.807, 2.05) is 86.9 Å². The van der Waals surface area contributed by atoms with Crippen LogP contribution in [0.3, 0.4) is 0 Å². The van der Waals surface area contributed by atoms with Crippen LogP contribution >= 0.6 is 0 Å². The Morgan fingerprint density at radius 1 is 1.07 bits per heavy atom. The summed E-state index contributed by atoms with van der Waals surface area (Å²) in [6, 6.07) is 18.2. The lowest BCUT2D eigenvalue weighted by Gasteiger charge is -2.21. The van der Waals surface area contributed by atoms with Crippen molar-refractivity contribution in [1.29, 1.82) is 0 Å². The zero-order chi connectivity index (χ0) is 27.8. The first kappa shape index (κ1) is 24.8. The molecule has 0 radical (unpaired) electrons. The average Bonchev–Trinajstić information content (AvgIpc) is 3.53. The first-order valence-corrected chi connectivity index (χ1v) is 12.7. The molecule has 0 aliphatic carbocycles. The molecule has 1 atom stereocenters. The fourth-order valence-electron chi connectivity index (χ4n) is 4.89. The smallest absolute Gasteiger partial charge is 0.263 e. The number of benzene rings is 2. The Kier molecular flexibility index (Phi) is 6.19. The summed E-state index contributed by atoms with van der Waals surface area (Å²) in [7, 11) is 1.86. The molecule has 1 amide bonds. The second-order valence-corrected chi connectivity index (χ2v) is 9.48. The van der Waals surface area contributed by atoms with E-state index in [1.54, 1.807) is 33.9 Å². The Labute approximate surface area is 229 Å². The Morgan fingerprint density at radius 2 is 1.90 bits per heavy atom. The highest BCUT2D eigenvalue weighted by Gasteiger charge is 2.23. The zero-order valence-corrected chi connectivity index (χ0v) is 21.9. The number of hydrogen-bond donors (Lipinski definition) is 2. The number of hydrogen-bond acceptors (Lipinski definition) is 6. The van der Waals surface area contributed by atoms with Gasteiger partial charge in [0.05, 0.1) is 17.6 Å². The molecule has 0 saturated carbocycles. The van der Waals surface area contributed by atoms with E-state index >= 15 is 0 Å². The summed E-state index contributed by atoms with van der Waals surface area (Å²) in [6.45, 7) is 1.83. The van der Waals surface area contributed by atoms with Crippen molar-refractivity contribution in [2.75, 3.05) is 5.73 Å². The van der Waals surface area contributed by atoms with E-state index in [0.29, 0.717) is 22.4 Å². The minimum atomic E-state index is -0.558. The lowest BCUT2D eigenvalue weighted by molar-refractivity contribution is 0.0941. The maximum Gasteiger partial charge on any atom is 0.263 e. The Balaban J connectivity index is 1.46. The van der Waals surface area contributed by atoms with Crippen LogP contribution in [0, 0.1) is 0 Å². The van der Waals surface area contributed by atoms with Crippen molar-refractivity contribution in [2.45, 2.75) is 13.0 Å². The topological polar surface area (TPSA) is 125 Å². The molecule has 0 fully saturated rings. The van der Waals surface area contributed by atoms with Crippen LogP contribution in [0.1, 0.15) is 40.1 Å². The van der Waals surface area contributed by atoms with Crippen molar-refractivity contribution in [3.63, 3.8) is 0 Å². The molecular formula is C30H26N8O2. The Morgan fingerprint density at radius 3 is 2.67 bits per heavy atom. The largest absolute Gasteiger partial charge is 0.381 e. The van der Waals surface area contributed by atoms with Crippen molar-refractivity contribution in [3.05, 3.63) is 118 Å². The number of nitrogen functional groups attached to an aromatic ring is 1. The molecule has 2 aromatic carbocycles. The number of nitrogens with one attached hydrogen (secondary N) is 1. The molecule has 0 spiro atoms. The number of fused-ring (bicyclic) bond motifs is 2. The number of aromatic nitrogens is 6. The van der Waals surface area contributed by atoms with E-state index in [2.05, 4.69) is 20.5 Å². The SMILES string of the molecule is C[C@@H](NC(=O)c1c(N)nn2cccnc12)c1cc2cccc(/C=C\c3cnn(C)c3)c2c(=O)n1-c1ccccc1. The number of amides is 1. The number of para-hydroxylation sites is 1. The van der Waals surface area contributed by atoms with E-state index in [0.717, 1.165) is 16.5 Å². The number of pyridine rings is 1. The van der Waals surface area contributed by atoms with Crippen LogP contribution in [0.4, 0.5) is 5.82 Å². The highest BCUT2D eigenvalue weighted by molar-refractivity contribution is 6.04. The van der Waals surface area contributed by atoms with E-state index in [1.165, 1.54) is 4.52 Å². The van der Waals surface area contributed by atoms with Gasteiger partial charge >= 0.3 is 0 Å². The van der Waals surface area contributed by atoms with Gasteiger partial charge in [0.1, 0.15) is 5.56 Å². The van der Waals surface area contributed by atoms with Crippen molar-refractivity contribution in [1.82, 2.24) is 34.3 Å². The van der Waals surface area contributed by atoms with Crippen LogP contribution in [0.5, 0.6) is 0 Å². The normalized spacial score (nSPS) is 12.3. The molecule has 3 N–H and O–H groups in total. The second-order valence-electron chi connectivity index (χ2n) is 9.48. The summed E-state index contributed by atoms with van der Waals surface area (Å²) in [4.78, 5) is 31.9. The lowest BCUT2D eigenvalue weighted by Crippen LogP contribution is -2.32. The number of carbonyl (C=O) groups is 1. The summed E-state index contributed by atoms with van der Waals surface area (Å²) >= 11 is 0. The molecule has 0 aliphatic heterocycles. The van der Waals surface area contributed by atoms with Crippen LogP contribution in [-0.4, -0.2) is 34.9 Å². The van der Waals surface area contributed by atoms with Gasteiger partial charge in [-0.1, -0.05) is 48.6 Å². The molecule has 198 valence electrons. The number of aryl methyl sites for hydroxylation is 1. The van der Waals surface area contributed by atoms with Crippen molar-refractivity contribution < 1.29 is 4.79 Å². The summed E-state index contributed by atoms with van der Waals surface area (Å²) in [5.41, 5.74) is 9.44. The number of carbonyl (C=O) groups excluding carboxylic acids is 1. The molecule has 0 aliphatic rings. The number of nitrogens with two attached hydrogens (primary N) is 1. The quantitative estimate of drug-likeness (QED) is 0.335. The standard InChI is InChI=1S/C30H26N8O2/c1-19(34-29(39)26-27(31)35-37-15-7-14-32-28(26)37)24-16-22-9-6-8-21(13-12-20-17-33-36(2)18-20)25(22)30(40)38(24)23-10-4-3-5-11-23/h3-19H,1-2H3,(H2,31,35)(H,34,39)/b13-12-/t19-/m1/s1. The van der Waals surface area contributed by atoms with Gasteiger partial charge in [-0.3, -0.25) is 18.8 Å². The van der Waals surface area contributed by atoms with E-state index in [4.69, 9.17) is 5.73 Å². The van der Waals surface area contributed by atoms with Gasteiger partial charge in [-0.25, -0.2) is 9.50 Å². The van der Waals surface area contributed by atoms with E-state index in [-0.39, 0.29) is 16.9 Å². The summed E-state index contributed by atoms with van der Waals surface area (Å²) in [5.74, 6) is -0.355. The van der Waals surface area contributed by atoms with Gasteiger partial charge in [-0.05, 0) is 42.1 Å². The van der Waals surface area contributed by atoms with Gasteiger partial charge in [-0.2, -0.15) is 5.10 Å². The van der Waals surface area contributed by atoms with Crippen molar-refractivity contribution in [3.8, 4) is 5.69 Å². The van der Waals surface area contributed by atoms with E-state index in [9.17, 15) is 9.59 Å². The molecule has 0 unspecified atom stereocenters. The van der Waals surface area contributed by atoms with Gasteiger partial charge < -0.3 is 11.1 Å². The first-order valence-electron chi connectivity index (χ1n) is 12.7. The van der Waals surface area contributed by atoms with Crippen LogP contribution in [0.15, 0.2) is 90.2 Å². The molecule has 6 aromatic rings. The predicted molar refractivity (Wildman–Crippen MR) is 155 cm³/mol. The molecule has 10 nitrogen and oxygen atoms in total. The number of nitrogens with zero attached hydrogens (tertiary/aromatic N) is 6. The van der Waals surface area contributed by atoms with Crippen LogP contribution in [0.25, 0.3) is 34.3 Å². The third kappa shape index (κ3) is 4.41. The Bertz CT molecular complexity index is 1970. The molecule has 0 saturated heterocycles. The molecule has 10 heteroatoms. The molecule has 4 heterocycles. The van der Waals surface area contributed by atoms with Crippen LogP contribution < -0.4 is 16.6 Å². The summed E-state index contributed by atoms with van der Waals surface area (Å²) in [6.07, 6.45) is 10.8. The van der Waals surface area contributed by atoms with Gasteiger partial charge in [0, 0.05) is 42.6 Å². The third-order valence-electron chi connectivity index (χ3n) is 6.74. The maximum absolute atomic E-state index is 14.2. The van der Waals surface area contributed by atoms with Gasteiger partial charge in [0.2, 0.25) is 0 Å². The molecule has 0 bridgehead atoms. The van der Waals surface area contributed by atoms with Gasteiger partial charge in [0.15, 0.2) is 11.5 Å². The fraction of sp³-hybridized carbons (Fsp3) is 0.100. The zero-order valence-electron chi connectivity index (χ0n) is 21.9. The highest BCUT2D eigenvalue weighted by atomic mass is 16.2. The highest BCUT2D eigenvalue weighted by Crippen LogP contribution is 2.25. The molecule has 6 rings (SSSR count). The Hall–Kier alpha value is -5.51. The fourth-order valence-corrected chi connectivity index (χ4v) is 4.89. The summed E-state index contributed by atoms with van der Waals surface area (Å²) < 4.78 is 4.83. The van der Waals surface area contributed by atoms with Crippen molar-refractivity contribution in [2.24, 2.45) is 7.05 Å². The third-order valence-corrected chi connectivity index (χ3v) is 6.74. The van der Waals surface area contributed by atoms with Crippen molar-refractivity contribution >= 4 is 40.3 Å². The molecule has 40 heavy (non-hydrogen) atoms. The minimum absolute atomic E-state index is 0.0763. The predicted octanol–water partition coefficient (Wildman–Crippen LogP) is 4.01. The number of anilines is 1. The van der Waals surface area contributed by atoms with Crippen LogP contribution in [-0.2, 0) is 7.05 Å². The molecular weight excluding hydrogens is 504 g/mol. The minimum Gasteiger partial charge on any atom is -0.381 e. The lowest BCUT2D eigenvalue weighted by atomic mass is 10.0. The maximum atomic E-state index is 14.2. The van der Waals surface area contributed by atoms with Crippen LogP contribution in [0.2, 0.25) is 0 Å². The van der Waals surface area contributed by atoms with E-state index < -0.39 is 11.9 Å². The number of rotatable bonds is 6. The van der Waals surface area contributed by atoms with Gasteiger partial charge in [0.25, 0.3) is 11.5 Å². The molecule has 4 aromatic heterocycles. The summed E-state index contributed by atoms with van der Waals surface area (Å²) in [5, 5.41) is 12.7. The van der Waals surface area contributed by atoms with Gasteiger partial charge in [-0.15, -0.1) is 5.10 Å².